The SMILES string of the molecule is N#Cc1ccc(CNS(=O)(=O)CCN)cc1. The largest absolute Gasteiger partial charge is 0.329 e. The van der Waals surface area contributed by atoms with Crippen molar-refractivity contribution in [2.75, 3.05) is 12.3 Å². The monoisotopic (exact) mass is 239 g/mol. The van der Waals surface area contributed by atoms with Gasteiger partial charge in [-0.1, -0.05) is 12.1 Å². The van der Waals surface area contributed by atoms with Crippen LogP contribution in [0.15, 0.2) is 24.3 Å². The Labute approximate surface area is 94.9 Å². The van der Waals surface area contributed by atoms with E-state index in [1.54, 1.807) is 24.3 Å². The van der Waals surface area contributed by atoms with E-state index in [9.17, 15) is 8.42 Å². The van der Waals surface area contributed by atoms with Crippen molar-refractivity contribution in [3.8, 4) is 6.07 Å². The third-order valence-electron chi connectivity index (χ3n) is 1.97. The Morgan fingerprint density at radius 2 is 1.94 bits per heavy atom. The first kappa shape index (κ1) is 12.6. The number of nitrogens with zero attached hydrogens (tertiary/aromatic N) is 1. The van der Waals surface area contributed by atoms with Gasteiger partial charge in [0.15, 0.2) is 0 Å². The number of hydrogen-bond donors (Lipinski definition) is 2. The number of nitrogens with one attached hydrogen (secondary N) is 1. The quantitative estimate of drug-likeness (QED) is 0.752. The lowest BCUT2D eigenvalue weighted by Crippen LogP contribution is -2.29. The Bertz CT molecular complexity index is 474. The number of rotatable bonds is 5. The molecule has 0 heterocycles. The molecule has 0 radical (unpaired) electrons. The fourth-order valence-electron chi connectivity index (χ4n) is 1.12. The minimum Gasteiger partial charge on any atom is -0.329 e. The van der Waals surface area contributed by atoms with Crippen LogP contribution in [0.1, 0.15) is 11.1 Å². The van der Waals surface area contributed by atoms with E-state index in [-0.39, 0.29) is 18.8 Å². The molecule has 0 saturated heterocycles. The van der Waals surface area contributed by atoms with Crippen LogP contribution < -0.4 is 10.5 Å². The van der Waals surface area contributed by atoms with Crippen LogP contribution >= 0.6 is 0 Å². The second kappa shape index (κ2) is 5.61. The molecule has 0 atom stereocenters. The molecule has 5 nitrogen and oxygen atoms in total. The molecule has 1 aromatic carbocycles. The van der Waals surface area contributed by atoms with E-state index in [1.165, 1.54) is 0 Å². The summed E-state index contributed by atoms with van der Waals surface area (Å²) in [5.74, 6) is -0.0801. The van der Waals surface area contributed by atoms with Crippen LogP contribution in [-0.2, 0) is 16.6 Å². The average molecular weight is 239 g/mol. The molecule has 3 N–H and O–H groups in total. The number of nitriles is 1. The van der Waals surface area contributed by atoms with Crippen LogP contribution in [0.25, 0.3) is 0 Å². The van der Waals surface area contributed by atoms with Crippen molar-refractivity contribution in [3.05, 3.63) is 35.4 Å². The number of nitrogens with two attached hydrogens (primary N) is 1. The van der Waals surface area contributed by atoms with Crippen LogP contribution in [0, 0.1) is 11.3 Å². The molecule has 1 aromatic rings. The van der Waals surface area contributed by atoms with E-state index >= 15 is 0 Å². The molecule has 0 amide bonds. The van der Waals surface area contributed by atoms with Gasteiger partial charge >= 0.3 is 0 Å². The van der Waals surface area contributed by atoms with Crippen molar-refractivity contribution in [1.82, 2.24) is 4.72 Å². The summed E-state index contributed by atoms with van der Waals surface area (Å²) in [5.41, 5.74) is 6.52. The topological polar surface area (TPSA) is 96.0 Å². The third kappa shape index (κ3) is 3.98. The summed E-state index contributed by atoms with van der Waals surface area (Å²) in [6.45, 7) is 0.316. The molecular formula is C10H13N3O2S. The zero-order valence-electron chi connectivity index (χ0n) is 8.68. The molecule has 0 spiro atoms. The van der Waals surface area contributed by atoms with Gasteiger partial charge in [0.2, 0.25) is 10.0 Å². The standard InChI is InChI=1S/C10H13N3O2S/c11-5-6-16(14,15)13-8-10-3-1-9(7-12)2-4-10/h1-4,13H,5-6,8,11H2. The summed E-state index contributed by atoms with van der Waals surface area (Å²) < 4.78 is 25.0. The minimum atomic E-state index is -3.29. The summed E-state index contributed by atoms with van der Waals surface area (Å²) in [5, 5.41) is 8.58. The van der Waals surface area contributed by atoms with Crippen molar-refractivity contribution in [1.29, 1.82) is 5.26 Å². The highest BCUT2D eigenvalue weighted by atomic mass is 32.2. The summed E-state index contributed by atoms with van der Waals surface area (Å²) in [7, 11) is -3.29. The molecule has 6 heteroatoms. The number of benzene rings is 1. The normalized spacial score (nSPS) is 11.0. The van der Waals surface area contributed by atoms with Crippen molar-refractivity contribution in [3.63, 3.8) is 0 Å². The van der Waals surface area contributed by atoms with E-state index in [1.807, 2.05) is 6.07 Å². The molecule has 0 bridgehead atoms. The zero-order valence-corrected chi connectivity index (χ0v) is 9.50. The van der Waals surface area contributed by atoms with Crippen LogP contribution in [-0.4, -0.2) is 20.7 Å². The van der Waals surface area contributed by atoms with Gasteiger partial charge in [-0.05, 0) is 17.7 Å². The Balaban J connectivity index is 2.59. The van der Waals surface area contributed by atoms with Gasteiger partial charge in [-0.25, -0.2) is 13.1 Å². The van der Waals surface area contributed by atoms with Gasteiger partial charge in [0, 0.05) is 13.1 Å². The van der Waals surface area contributed by atoms with Gasteiger partial charge in [-0.15, -0.1) is 0 Å². The van der Waals surface area contributed by atoms with Gasteiger partial charge < -0.3 is 5.73 Å². The Morgan fingerprint density at radius 3 is 2.44 bits per heavy atom. The van der Waals surface area contributed by atoms with Crippen molar-refractivity contribution >= 4 is 10.0 Å². The first-order chi connectivity index (χ1) is 7.57. The molecule has 1 rings (SSSR count). The highest BCUT2D eigenvalue weighted by Gasteiger charge is 2.07. The summed E-state index contributed by atoms with van der Waals surface area (Å²) in [4.78, 5) is 0. The minimum absolute atomic E-state index is 0.0801. The molecule has 0 aliphatic heterocycles. The maximum Gasteiger partial charge on any atom is 0.213 e. The molecule has 0 aliphatic carbocycles. The first-order valence-electron chi connectivity index (χ1n) is 4.74. The predicted molar refractivity (Wildman–Crippen MR) is 60.8 cm³/mol. The third-order valence-corrected chi connectivity index (χ3v) is 3.32. The van der Waals surface area contributed by atoms with Crippen LogP contribution in [0.5, 0.6) is 0 Å². The van der Waals surface area contributed by atoms with E-state index < -0.39 is 10.0 Å². The predicted octanol–water partition coefficient (Wildman–Crippen LogP) is -0.0636. The van der Waals surface area contributed by atoms with Crippen molar-refractivity contribution < 1.29 is 8.42 Å². The van der Waals surface area contributed by atoms with E-state index in [0.717, 1.165) is 5.56 Å². The van der Waals surface area contributed by atoms with Gasteiger partial charge in [0.05, 0.1) is 17.4 Å². The second-order valence-electron chi connectivity index (χ2n) is 3.24. The van der Waals surface area contributed by atoms with Crippen LogP contribution in [0.2, 0.25) is 0 Å². The Kier molecular flexibility index (Phi) is 4.43. The molecule has 86 valence electrons. The maximum absolute atomic E-state index is 11.3. The lowest BCUT2D eigenvalue weighted by Gasteiger charge is -2.05. The molecule has 0 aliphatic rings. The van der Waals surface area contributed by atoms with Gasteiger partial charge in [-0.3, -0.25) is 0 Å². The number of hydrogen-bond acceptors (Lipinski definition) is 4. The molecule has 0 unspecified atom stereocenters. The van der Waals surface area contributed by atoms with Crippen molar-refractivity contribution in [2.24, 2.45) is 5.73 Å². The summed E-state index contributed by atoms with van der Waals surface area (Å²) in [6, 6.07) is 8.71. The average Bonchev–Trinajstić information content (AvgIpc) is 2.27. The molecule has 0 fully saturated rings. The lowest BCUT2D eigenvalue weighted by atomic mass is 10.1. The zero-order chi connectivity index (χ0) is 12.0. The smallest absolute Gasteiger partial charge is 0.213 e. The second-order valence-corrected chi connectivity index (χ2v) is 5.16. The van der Waals surface area contributed by atoms with Crippen LogP contribution in [0.3, 0.4) is 0 Å². The molecule has 0 aromatic heterocycles. The fraction of sp³-hybridized carbons (Fsp3) is 0.300. The molecule has 16 heavy (non-hydrogen) atoms. The fourth-order valence-corrected chi connectivity index (χ4v) is 1.96. The highest BCUT2D eigenvalue weighted by molar-refractivity contribution is 7.89. The van der Waals surface area contributed by atoms with Gasteiger partial charge in [-0.2, -0.15) is 5.26 Å². The van der Waals surface area contributed by atoms with E-state index in [0.29, 0.717) is 5.56 Å². The first-order valence-corrected chi connectivity index (χ1v) is 6.39. The van der Waals surface area contributed by atoms with E-state index in [4.69, 9.17) is 11.0 Å². The van der Waals surface area contributed by atoms with E-state index in [2.05, 4.69) is 4.72 Å². The summed E-state index contributed by atoms with van der Waals surface area (Å²) in [6.07, 6.45) is 0. The molecule has 0 saturated carbocycles. The lowest BCUT2D eigenvalue weighted by molar-refractivity contribution is 0.581. The van der Waals surface area contributed by atoms with Gasteiger partial charge in [0.1, 0.15) is 0 Å². The highest BCUT2D eigenvalue weighted by Crippen LogP contribution is 2.03. The Hall–Kier alpha value is -1.42. The van der Waals surface area contributed by atoms with Crippen LogP contribution in [0.4, 0.5) is 0 Å². The Morgan fingerprint density at radius 1 is 1.31 bits per heavy atom. The molecular weight excluding hydrogens is 226 g/mol. The number of sulfonamides is 1. The van der Waals surface area contributed by atoms with Crippen molar-refractivity contribution in [2.45, 2.75) is 6.54 Å². The maximum atomic E-state index is 11.3. The summed E-state index contributed by atoms with van der Waals surface area (Å²) >= 11 is 0. The van der Waals surface area contributed by atoms with Gasteiger partial charge in [0.25, 0.3) is 0 Å².